The highest BCUT2D eigenvalue weighted by Crippen LogP contribution is 2.42. The molecule has 2 aromatic heterocycles. The molecular weight excluding hydrogens is 567 g/mol. The molecule has 2 N–H and O–H groups in total. The smallest absolute Gasteiger partial charge is 0.418 e. The van der Waals surface area contributed by atoms with Gasteiger partial charge in [0.15, 0.2) is 17.4 Å². The summed E-state index contributed by atoms with van der Waals surface area (Å²) < 4.78 is 89.4. The number of hydrogen-bond acceptors (Lipinski definition) is 5. The van der Waals surface area contributed by atoms with Crippen LogP contribution in [0.5, 0.6) is 11.5 Å². The van der Waals surface area contributed by atoms with Gasteiger partial charge in [-0.05, 0) is 12.1 Å². The maximum absolute atomic E-state index is 15.0. The van der Waals surface area contributed by atoms with E-state index < -0.39 is 54.4 Å². The Hall–Kier alpha value is -3.23. The average Bonchev–Trinajstić information content (AvgIpc) is 3.23. The molecular formula is C27H33F5N4O4Si. The highest BCUT2D eigenvalue weighted by atomic mass is 28.3. The number of anilines is 1. The molecule has 224 valence electrons. The standard InChI is InChI=1S/C27H33F5N4O4Si/c1-26(2)14-39-21(26)12-34-25(37)35-16-10-18(28)23(19(29)11-16)40-20-6-7-33-24-22(20)17(27(30,31)32)13-36(24)15-38-8-9-41(3,4)5/h6-7,10-11,13,21H,8-9,12,14-15H2,1-5H3,(H2,34,35,37)/t21-/m0/s1. The van der Waals surface area contributed by atoms with E-state index in [4.69, 9.17) is 14.2 Å². The lowest BCUT2D eigenvalue weighted by Gasteiger charge is -2.44. The number of ether oxygens (including phenoxy) is 3. The molecule has 0 spiro atoms. The third kappa shape index (κ3) is 7.35. The number of carbonyl (C=O) groups is 1. The van der Waals surface area contributed by atoms with Crippen LogP contribution in [0.3, 0.4) is 0 Å². The molecule has 0 saturated carbocycles. The van der Waals surface area contributed by atoms with Gasteiger partial charge in [-0.1, -0.05) is 33.5 Å². The fourth-order valence-electron chi connectivity index (χ4n) is 4.20. The normalized spacial score (nSPS) is 16.9. The van der Waals surface area contributed by atoms with Gasteiger partial charge in [0.25, 0.3) is 0 Å². The van der Waals surface area contributed by atoms with E-state index in [1.54, 1.807) is 0 Å². The third-order valence-electron chi connectivity index (χ3n) is 6.70. The van der Waals surface area contributed by atoms with E-state index in [0.717, 1.165) is 30.4 Å². The Bertz CT molecular complexity index is 1400. The van der Waals surface area contributed by atoms with Gasteiger partial charge in [0.2, 0.25) is 0 Å². The molecule has 3 aromatic rings. The van der Waals surface area contributed by atoms with Gasteiger partial charge in [-0.25, -0.2) is 18.6 Å². The summed E-state index contributed by atoms with van der Waals surface area (Å²) >= 11 is 0. The molecule has 3 heterocycles. The van der Waals surface area contributed by atoms with Crippen LogP contribution in [0, 0.1) is 17.0 Å². The zero-order chi connectivity index (χ0) is 30.2. The van der Waals surface area contributed by atoms with Crippen molar-refractivity contribution >= 4 is 30.8 Å². The number of hydrogen-bond donors (Lipinski definition) is 2. The van der Waals surface area contributed by atoms with Crippen LogP contribution in [0.4, 0.5) is 32.4 Å². The predicted molar refractivity (Wildman–Crippen MR) is 146 cm³/mol. The van der Waals surface area contributed by atoms with Gasteiger partial charge in [-0.15, -0.1) is 0 Å². The number of pyridine rings is 1. The minimum absolute atomic E-state index is 0.101. The summed E-state index contributed by atoms with van der Waals surface area (Å²) in [5, 5.41) is 4.44. The van der Waals surface area contributed by atoms with Crippen LogP contribution in [0.15, 0.2) is 30.6 Å². The molecule has 0 unspecified atom stereocenters. The second-order valence-electron chi connectivity index (χ2n) is 11.9. The van der Waals surface area contributed by atoms with Crippen molar-refractivity contribution in [2.75, 3.05) is 25.1 Å². The van der Waals surface area contributed by atoms with E-state index in [1.807, 2.05) is 13.8 Å². The van der Waals surface area contributed by atoms with Crippen LogP contribution in [0.1, 0.15) is 19.4 Å². The zero-order valence-corrected chi connectivity index (χ0v) is 24.4. The SMILES string of the molecule is CC1(C)CO[C@H]1CNC(=O)Nc1cc(F)c(Oc2ccnc3c2c(C(F)(F)F)cn3COCC[Si](C)(C)C)c(F)c1. The molecule has 0 aliphatic carbocycles. The van der Waals surface area contributed by atoms with Gasteiger partial charge >= 0.3 is 12.2 Å². The summed E-state index contributed by atoms with van der Waals surface area (Å²) in [6.07, 6.45) is -2.98. The molecule has 14 heteroatoms. The highest BCUT2D eigenvalue weighted by Gasteiger charge is 2.40. The van der Waals surface area contributed by atoms with Gasteiger partial charge in [-0.3, -0.25) is 0 Å². The number of halogens is 5. The summed E-state index contributed by atoms with van der Waals surface area (Å²) in [4.78, 5) is 16.3. The number of fused-ring (bicyclic) bond motifs is 1. The van der Waals surface area contributed by atoms with Crippen molar-refractivity contribution in [3.05, 3.63) is 47.8 Å². The second-order valence-corrected chi connectivity index (χ2v) is 17.5. The quantitative estimate of drug-likeness (QED) is 0.149. The van der Waals surface area contributed by atoms with E-state index in [1.165, 1.54) is 10.8 Å². The van der Waals surface area contributed by atoms with E-state index in [9.17, 15) is 26.7 Å². The average molecular weight is 601 g/mol. The molecule has 8 nitrogen and oxygen atoms in total. The van der Waals surface area contributed by atoms with Crippen molar-refractivity contribution in [1.29, 1.82) is 0 Å². The number of benzene rings is 1. The Morgan fingerprint density at radius 1 is 1.22 bits per heavy atom. The highest BCUT2D eigenvalue weighted by molar-refractivity contribution is 6.76. The number of alkyl halides is 3. The van der Waals surface area contributed by atoms with Crippen molar-refractivity contribution in [2.45, 2.75) is 58.5 Å². The van der Waals surface area contributed by atoms with Crippen LogP contribution in [-0.4, -0.2) is 49.5 Å². The first-order valence-electron chi connectivity index (χ1n) is 13.0. The van der Waals surface area contributed by atoms with E-state index in [2.05, 4.69) is 35.3 Å². The maximum Gasteiger partial charge on any atom is 0.418 e. The van der Waals surface area contributed by atoms with E-state index in [-0.39, 0.29) is 36.1 Å². The zero-order valence-electron chi connectivity index (χ0n) is 23.4. The Morgan fingerprint density at radius 3 is 2.46 bits per heavy atom. The summed E-state index contributed by atoms with van der Waals surface area (Å²) in [5.41, 5.74) is -1.51. The number of nitrogens with one attached hydrogen (secondary N) is 2. The molecule has 1 fully saturated rings. The summed E-state index contributed by atoms with van der Waals surface area (Å²) in [6.45, 7) is 11.4. The van der Waals surface area contributed by atoms with Crippen LogP contribution in [0.2, 0.25) is 25.7 Å². The molecule has 1 atom stereocenters. The third-order valence-corrected chi connectivity index (χ3v) is 8.40. The minimum atomic E-state index is -4.80. The number of carbonyl (C=O) groups excluding carboxylic acids is 1. The van der Waals surface area contributed by atoms with Gasteiger partial charge in [0.05, 0.1) is 23.7 Å². The van der Waals surface area contributed by atoms with Crippen molar-refractivity contribution in [2.24, 2.45) is 5.41 Å². The Balaban J connectivity index is 1.54. The van der Waals surface area contributed by atoms with Crippen molar-refractivity contribution in [3.8, 4) is 11.5 Å². The largest absolute Gasteiger partial charge is 0.450 e. The van der Waals surface area contributed by atoms with Crippen LogP contribution < -0.4 is 15.4 Å². The molecule has 1 aliphatic rings. The number of nitrogens with zero attached hydrogens (tertiary/aromatic N) is 2. The van der Waals surface area contributed by atoms with Crippen LogP contribution in [-0.2, 0) is 22.4 Å². The first-order chi connectivity index (χ1) is 19.0. The summed E-state index contributed by atoms with van der Waals surface area (Å²) in [6, 6.07) is 2.82. The Morgan fingerprint density at radius 2 is 1.90 bits per heavy atom. The maximum atomic E-state index is 15.0. The van der Waals surface area contributed by atoms with Gasteiger partial charge in [0.1, 0.15) is 18.1 Å². The molecule has 1 saturated heterocycles. The van der Waals surface area contributed by atoms with Gasteiger partial charge < -0.3 is 29.4 Å². The first kappa shape index (κ1) is 30.7. The van der Waals surface area contributed by atoms with Crippen molar-refractivity contribution in [1.82, 2.24) is 14.9 Å². The second kappa shape index (κ2) is 11.6. The fourth-order valence-corrected chi connectivity index (χ4v) is 4.95. The topological polar surface area (TPSA) is 86.6 Å². The number of aromatic nitrogens is 2. The lowest BCUT2D eigenvalue weighted by molar-refractivity contribution is -0.163. The monoisotopic (exact) mass is 600 g/mol. The molecule has 41 heavy (non-hydrogen) atoms. The lowest BCUT2D eigenvalue weighted by Crippen LogP contribution is -2.53. The first-order valence-corrected chi connectivity index (χ1v) is 16.7. The number of urea groups is 1. The molecule has 0 bridgehead atoms. The molecule has 1 aromatic carbocycles. The predicted octanol–water partition coefficient (Wildman–Crippen LogP) is 6.98. The molecule has 4 rings (SSSR count). The number of rotatable bonds is 10. The minimum Gasteiger partial charge on any atom is -0.450 e. The van der Waals surface area contributed by atoms with Crippen molar-refractivity contribution in [3.63, 3.8) is 0 Å². The van der Waals surface area contributed by atoms with Crippen LogP contribution >= 0.6 is 0 Å². The number of amides is 2. The van der Waals surface area contributed by atoms with E-state index >= 15 is 0 Å². The fraction of sp³-hybridized carbons (Fsp3) is 0.481. The molecule has 1 aliphatic heterocycles. The summed E-state index contributed by atoms with van der Waals surface area (Å²) in [5.74, 6) is -3.82. The Labute approximate surface area is 235 Å². The lowest BCUT2D eigenvalue weighted by atomic mass is 9.82. The van der Waals surface area contributed by atoms with Crippen molar-refractivity contribution < 1.29 is 41.0 Å². The molecule has 2 amide bonds. The summed E-state index contributed by atoms with van der Waals surface area (Å²) in [7, 11) is -1.42. The molecule has 0 radical (unpaired) electrons. The van der Waals surface area contributed by atoms with Gasteiger partial charge in [-0.2, -0.15) is 13.2 Å². The van der Waals surface area contributed by atoms with Crippen LogP contribution in [0.25, 0.3) is 11.0 Å². The van der Waals surface area contributed by atoms with Gasteiger partial charge in [0, 0.05) is 56.9 Å². The van der Waals surface area contributed by atoms with E-state index in [0.29, 0.717) is 13.2 Å². The Kier molecular flexibility index (Phi) is 8.67.